The number of hydrogen-bond donors (Lipinski definition) is 6. The summed E-state index contributed by atoms with van der Waals surface area (Å²) in [5, 5.41) is 10.8. The number of anilines is 1. The molecule has 33 heavy (non-hydrogen) atoms. The Labute approximate surface area is 184 Å². The molecule has 1 saturated heterocycles. The first-order chi connectivity index (χ1) is 14.9. The van der Waals surface area contributed by atoms with E-state index in [0.29, 0.717) is 5.39 Å². The highest BCUT2D eigenvalue weighted by atomic mass is 31.3. The summed E-state index contributed by atoms with van der Waals surface area (Å²) in [5.74, 6) is 0.107. The van der Waals surface area contributed by atoms with Gasteiger partial charge in [0.2, 0.25) is 0 Å². The lowest BCUT2D eigenvalue weighted by Crippen LogP contribution is -2.43. The first kappa shape index (κ1) is 26.3. The van der Waals surface area contributed by atoms with Gasteiger partial charge in [-0.25, -0.2) is 28.1 Å². The SMILES string of the molecule is CC(OP(=O)(O)OP(=O)(O)OP(=O)(O)O)[C@H]1OC(n2ccc3c(N)ncnc32)[C@](C)(F)[C@@H]1O. The zero-order valence-corrected chi connectivity index (χ0v) is 19.5. The largest absolute Gasteiger partial charge is 0.490 e. The van der Waals surface area contributed by atoms with Gasteiger partial charge in [-0.2, -0.15) is 8.62 Å². The van der Waals surface area contributed by atoms with Crippen molar-refractivity contribution in [1.82, 2.24) is 14.5 Å². The van der Waals surface area contributed by atoms with Crippen LogP contribution < -0.4 is 5.73 Å². The van der Waals surface area contributed by atoms with Gasteiger partial charge in [-0.3, -0.25) is 4.52 Å². The molecule has 0 amide bonds. The maximum absolute atomic E-state index is 15.5. The molecule has 20 heteroatoms. The fraction of sp³-hybridized carbons (Fsp3) is 0.538. The van der Waals surface area contributed by atoms with E-state index in [0.717, 1.165) is 20.2 Å². The van der Waals surface area contributed by atoms with Crippen molar-refractivity contribution in [3.05, 3.63) is 18.6 Å². The topological polar surface area (TPSA) is 246 Å². The molecular formula is C13H20FN4O12P3. The van der Waals surface area contributed by atoms with E-state index in [2.05, 4.69) is 23.1 Å². The third-order valence-electron chi connectivity index (χ3n) is 4.63. The van der Waals surface area contributed by atoms with E-state index in [1.54, 1.807) is 0 Å². The fourth-order valence-electron chi connectivity index (χ4n) is 3.28. The van der Waals surface area contributed by atoms with Crippen LogP contribution in [0.2, 0.25) is 0 Å². The number of hydrogen-bond acceptors (Lipinski definition) is 11. The predicted octanol–water partition coefficient (Wildman–Crippen LogP) is 0.732. The van der Waals surface area contributed by atoms with E-state index >= 15 is 4.39 Å². The van der Waals surface area contributed by atoms with Crippen LogP contribution in [0.5, 0.6) is 0 Å². The number of aliphatic hydroxyl groups excluding tert-OH is 1. The second-order valence-corrected chi connectivity index (χ2v) is 11.5. The lowest BCUT2D eigenvalue weighted by Gasteiger charge is -2.26. The predicted molar refractivity (Wildman–Crippen MR) is 106 cm³/mol. The van der Waals surface area contributed by atoms with Gasteiger partial charge in [-0.05, 0) is 19.9 Å². The van der Waals surface area contributed by atoms with E-state index in [1.807, 2.05) is 0 Å². The van der Waals surface area contributed by atoms with Crippen molar-refractivity contribution in [2.45, 2.75) is 44.1 Å². The van der Waals surface area contributed by atoms with Gasteiger partial charge in [0, 0.05) is 6.20 Å². The number of aliphatic hydroxyl groups is 1. The highest BCUT2D eigenvalue weighted by Gasteiger charge is 2.58. The van der Waals surface area contributed by atoms with Crippen LogP contribution in [-0.4, -0.2) is 63.2 Å². The Hall–Kier alpha value is -1.32. The van der Waals surface area contributed by atoms with Crippen molar-refractivity contribution in [3.63, 3.8) is 0 Å². The molecule has 16 nitrogen and oxygen atoms in total. The van der Waals surface area contributed by atoms with Crippen molar-refractivity contribution in [1.29, 1.82) is 0 Å². The van der Waals surface area contributed by atoms with Crippen molar-refractivity contribution in [2.75, 3.05) is 5.73 Å². The second kappa shape index (κ2) is 8.72. The van der Waals surface area contributed by atoms with Gasteiger partial charge in [0.1, 0.15) is 30.0 Å². The average Bonchev–Trinajstić information content (AvgIpc) is 3.11. The van der Waals surface area contributed by atoms with Crippen LogP contribution in [0.1, 0.15) is 20.1 Å². The lowest BCUT2D eigenvalue weighted by atomic mass is 9.96. The number of fused-ring (bicyclic) bond motifs is 1. The third kappa shape index (κ3) is 5.68. The van der Waals surface area contributed by atoms with Gasteiger partial charge in [0.15, 0.2) is 11.9 Å². The monoisotopic (exact) mass is 536 g/mol. The number of rotatable bonds is 8. The van der Waals surface area contributed by atoms with Gasteiger partial charge >= 0.3 is 23.5 Å². The summed E-state index contributed by atoms with van der Waals surface area (Å²) in [4.78, 5) is 43.9. The molecule has 7 N–H and O–H groups in total. The van der Waals surface area contributed by atoms with Crippen molar-refractivity contribution in [3.8, 4) is 0 Å². The Morgan fingerprint density at radius 1 is 1.21 bits per heavy atom. The normalized spacial score (nSPS) is 30.7. The first-order valence-corrected chi connectivity index (χ1v) is 13.4. The number of ether oxygens (including phenoxy) is 1. The highest BCUT2D eigenvalue weighted by molar-refractivity contribution is 7.66. The lowest BCUT2D eigenvalue weighted by molar-refractivity contribution is -0.0772. The van der Waals surface area contributed by atoms with Crippen LogP contribution in [0.4, 0.5) is 10.2 Å². The smallest absolute Gasteiger partial charge is 0.387 e. The van der Waals surface area contributed by atoms with Gasteiger partial charge in [0.05, 0.1) is 11.5 Å². The number of nitrogens with two attached hydrogens (primary N) is 1. The fourth-order valence-corrected chi connectivity index (χ4v) is 6.48. The summed E-state index contributed by atoms with van der Waals surface area (Å²) < 4.78 is 68.3. The molecule has 3 rings (SSSR count). The molecule has 0 radical (unpaired) electrons. The number of phosphoric acid groups is 3. The molecule has 7 atom stereocenters. The summed E-state index contributed by atoms with van der Waals surface area (Å²) >= 11 is 0. The van der Waals surface area contributed by atoms with E-state index in [9.17, 15) is 28.6 Å². The minimum Gasteiger partial charge on any atom is -0.387 e. The Morgan fingerprint density at radius 2 is 1.85 bits per heavy atom. The molecule has 1 aliphatic heterocycles. The maximum Gasteiger partial charge on any atom is 0.490 e. The Bertz CT molecular complexity index is 1190. The summed E-state index contributed by atoms with van der Waals surface area (Å²) in [6, 6.07) is 1.49. The van der Waals surface area contributed by atoms with Crippen LogP contribution in [0.25, 0.3) is 11.0 Å². The standard InChI is InChI=1S/C13H20FN4O12P3/c1-6(28-32(23,24)30-33(25,26)29-31(20,21)22)8-9(19)13(2,14)12(27-8)18-4-3-7-10(15)16-5-17-11(7)18/h3-6,8-9,12,19H,1-2H3,(H,23,24)(H,25,26)(H2,15,16,17)(H2,20,21,22)/t6?,8-,9-,12?,13-/m1/s1. The molecule has 3 heterocycles. The third-order valence-corrected chi connectivity index (χ3v) is 8.56. The zero-order valence-electron chi connectivity index (χ0n) is 16.8. The second-order valence-electron chi connectivity index (χ2n) is 7.17. The number of alkyl halides is 1. The molecule has 4 unspecified atom stereocenters. The molecule has 2 aromatic rings. The van der Waals surface area contributed by atoms with Crippen LogP contribution in [0.3, 0.4) is 0 Å². The first-order valence-electron chi connectivity index (χ1n) is 8.85. The van der Waals surface area contributed by atoms with E-state index < -0.39 is 53.7 Å². The minimum atomic E-state index is -5.76. The van der Waals surface area contributed by atoms with Gasteiger partial charge in [-0.15, -0.1) is 0 Å². The van der Waals surface area contributed by atoms with Crippen LogP contribution >= 0.6 is 23.5 Å². The van der Waals surface area contributed by atoms with Crippen molar-refractivity contribution in [2.24, 2.45) is 0 Å². The molecule has 0 aromatic carbocycles. The van der Waals surface area contributed by atoms with Crippen molar-refractivity contribution >= 4 is 40.3 Å². The van der Waals surface area contributed by atoms with E-state index in [4.69, 9.17) is 20.3 Å². The molecule has 0 saturated carbocycles. The molecule has 0 aliphatic carbocycles. The van der Waals surface area contributed by atoms with Gasteiger partial charge in [-0.1, -0.05) is 0 Å². The number of aromatic nitrogens is 3. The number of nitrogens with zero attached hydrogens (tertiary/aromatic N) is 3. The molecular weight excluding hydrogens is 516 g/mol. The van der Waals surface area contributed by atoms with Gasteiger partial charge in [0.25, 0.3) is 0 Å². The minimum absolute atomic E-state index is 0.107. The van der Waals surface area contributed by atoms with Crippen LogP contribution in [0, 0.1) is 0 Å². The summed E-state index contributed by atoms with van der Waals surface area (Å²) in [6.45, 7) is 2.05. The average molecular weight is 536 g/mol. The molecule has 2 aromatic heterocycles. The van der Waals surface area contributed by atoms with Gasteiger partial charge < -0.3 is 39.7 Å². The molecule has 0 spiro atoms. The maximum atomic E-state index is 15.5. The molecule has 1 fully saturated rings. The summed E-state index contributed by atoms with van der Waals surface area (Å²) in [7, 11) is -16.9. The molecule has 186 valence electrons. The molecule has 0 bridgehead atoms. The summed E-state index contributed by atoms with van der Waals surface area (Å²) in [6.07, 6.45) is -4.22. The number of halogens is 1. The Kier molecular flexibility index (Phi) is 6.94. The van der Waals surface area contributed by atoms with Crippen LogP contribution in [0.15, 0.2) is 18.6 Å². The quantitative estimate of drug-likeness (QED) is 0.255. The highest BCUT2D eigenvalue weighted by Crippen LogP contribution is 2.66. The number of phosphoric ester groups is 1. The number of nitrogen functional groups attached to an aromatic ring is 1. The van der Waals surface area contributed by atoms with E-state index in [-0.39, 0.29) is 11.5 Å². The van der Waals surface area contributed by atoms with Crippen molar-refractivity contribution < 1.29 is 60.6 Å². The zero-order chi connectivity index (χ0) is 25.0. The van der Waals surface area contributed by atoms with Crippen LogP contribution in [-0.2, 0) is 31.6 Å². The molecule has 1 aliphatic rings. The summed E-state index contributed by atoms with van der Waals surface area (Å²) in [5.41, 5.74) is 3.43. The van der Waals surface area contributed by atoms with E-state index in [1.165, 1.54) is 16.8 Å². The Morgan fingerprint density at radius 3 is 2.45 bits per heavy atom. The Balaban J connectivity index is 1.81.